The van der Waals surface area contributed by atoms with Crippen molar-refractivity contribution in [2.75, 3.05) is 0 Å². The van der Waals surface area contributed by atoms with E-state index in [9.17, 15) is 4.79 Å². The number of fused-ring (bicyclic) bond motifs is 1. The van der Waals surface area contributed by atoms with Crippen LogP contribution in [-0.4, -0.2) is 15.2 Å². The molecular formula is C20H14N2O. The summed E-state index contributed by atoms with van der Waals surface area (Å²) in [6.45, 7) is 0. The van der Waals surface area contributed by atoms with Gasteiger partial charge in [-0.25, -0.2) is 4.98 Å². The Morgan fingerprint density at radius 2 is 1.43 bits per heavy atom. The maximum Gasteiger partial charge on any atom is 0.228 e. The van der Waals surface area contributed by atoms with E-state index in [4.69, 9.17) is 0 Å². The SMILES string of the molecule is O=C(c1ccccc1)c1nc(-c2ccccc2)c2ccccn12. The van der Waals surface area contributed by atoms with E-state index in [2.05, 4.69) is 4.98 Å². The fraction of sp³-hybridized carbons (Fsp3) is 0. The molecule has 3 nitrogen and oxygen atoms in total. The Bertz CT molecular complexity index is 972. The zero-order chi connectivity index (χ0) is 15.6. The van der Waals surface area contributed by atoms with E-state index in [0.29, 0.717) is 11.4 Å². The van der Waals surface area contributed by atoms with E-state index in [1.165, 1.54) is 0 Å². The highest BCUT2D eigenvalue weighted by atomic mass is 16.1. The van der Waals surface area contributed by atoms with Crippen LogP contribution in [0.25, 0.3) is 16.8 Å². The van der Waals surface area contributed by atoms with Crippen LogP contribution in [0, 0.1) is 0 Å². The average Bonchev–Trinajstić information content (AvgIpc) is 3.02. The molecule has 0 bridgehead atoms. The molecule has 0 N–H and O–H groups in total. The number of aromatic nitrogens is 2. The minimum absolute atomic E-state index is 0.0750. The van der Waals surface area contributed by atoms with Crippen molar-refractivity contribution >= 4 is 11.3 Å². The highest BCUT2D eigenvalue weighted by Crippen LogP contribution is 2.25. The van der Waals surface area contributed by atoms with E-state index >= 15 is 0 Å². The molecule has 0 aliphatic heterocycles. The molecular weight excluding hydrogens is 284 g/mol. The van der Waals surface area contributed by atoms with Gasteiger partial charge in [0, 0.05) is 17.3 Å². The van der Waals surface area contributed by atoms with Gasteiger partial charge < -0.3 is 0 Å². The molecule has 0 spiro atoms. The van der Waals surface area contributed by atoms with Gasteiger partial charge in [0.25, 0.3) is 0 Å². The highest BCUT2D eigenvalue weighted by molar-refractivity contribution is 6.08. The molecule has 0 aliphatic rings. The minimum atomic E-state index is -0.0750. The summed E-state index contributed by atoms with van der Waals surface area (Å²) < 4.78 is 1.86. The number of nitrogens with zero attached hydrogens (tertiary/aromatic N) is 2. The lowest BCUT2D eigenvalue weighted by Gasteiger charge is -2.00. The Labute approximate surface area is 133 Å². The van der Waals surface area contributed by atoms with Crippen LogP contribution >= 0.6 is 0 Å². The van der Waals surface area contributed by atoms with E-state index in [1.54, 1.807) is 0 Å². The van der Waals surface area contributed by atoms with Gasteiger partial charge in [0.1, 0.15) is 0 Å². The van der Waals surface area contributed by atoms with Crippen molar-refractivity contribution in [2.24, 2.45) is 0 Å². The van der Waals surface area contributed by atoms with Gasteiger partial charge in [-0.2, -0.15) is 0 Å². The molecule has 0 saturated carbocycles. The third-order valence-corrected chi connectivity index (χ3v) is 3.83. The number of hydrogen-bond donors (Lipinski definition) is 0. The molecule has 0 aliphatic carbocycles. The molecule has 0 unspecified atom stereocenters. The van der Waals surface area contributed by atoms with Crippen molar-refractivity contribution in [3.8, 4) is 11.3 Å². The van der Waals surface area contributed by atoms with Crippen LogP contribution in [-0.2, 0) is 0 Å². The number of imidazole rings is 1. The first-order valence-electron chi connectivity index (χ1n) is 7.47. The standard InChI is InChI=1S/C20H14N2O/c23-19(16-11-5-2-6-12-16)20-21-18(15-9-3-1-4-10-15)17-13-7-8-14-22(17)20/h1-14H. The molecule has 110 valence electrons. The second-order valence-electron chi connectivity index (χ2n) is 5.30. The smallest absolute Gasteiger partial charge is 0.228 e. The van der Waals surface area contributed by atoms with Gasteiger partial charge in [-0.1, -0.05) is 66.7 Å². The number of hydrogen-bond acceptors (Lipinski definition) is 2. The zero-order valence-corrected chi connectivity index (χ0v) is 12.4. The largest absolute Gasteiger partial charge is 0.296 e. The monoisotopic (exact) mass is 298 g/mol. The quantitative estimate of drug-likeness (QED) is 0.530. The van der Waals surface area contributed by atoms with Crippen LogP contribution in [0.1, 0.15) is 16.2 Å². The van der Waals surface area contributed by atoms with Crippen LogP contribution in [0.4, 0.5) is 0 Å². The zero-order valence-electron chi connectivity index (χ0n) is 12.4. The van der Waals surface area contributed by atoms with E-state index in [-0.39, 0.29) is 5.78 Å². The predicted molar refractivity (Wildman–Crippen MR) is 90.5 cm³/mol. The molecule has 2 aromatic carbocycles. The summed E-state index contributed by atoms with van der Waals surface area (Å²) in [5, 5.41) is 0. The highest BCUT2D eigenvalue weighted by Gasteiger charge is 2.19. The van der Waals surface area contributed by atoms with Gasteiger partial charge in [-0.15, -0.1) is 0 Å². The Morgan fingerprint density at radius 1 is 0.783 bits per heavy atom. The topological polar surface area (TPSA) is 34.4 Å². The maximum absolute atomic E-state index is 12.8. The Hall–Kier alpha value is -3.20. The predicted octanol–water partition coefficient (Wildman–Crippen LogP) is 4.23. The van der Waals surface area contributed by atoms with Crippen LogP contribution < -0.4 is 0 Å². The van der Waals surface area contributed by atoms with Crippen molar-refractivity contribution in [3.63, 3.8) is 0 Å². The Morgan fingerprint density at radius 3 is 2.17 bits per heavy atom. The van der Waals surface area contributed by atoms with Gasteiger partial charge in [-0.3, -0.25) is 9.20 Å². The number of rotatable bonds is 3. The number of benzene rings is 2. The number of ketones is 1. The maximum atomic E-state index is 12.8. The molecule has 23 heavy (non-hydrogen) atoms. The average molecular weight is 298 g/mol. The summed E-state index contributed by atoms with van der Waals surface area (Å²) in [5.41, 5.74) is 3.40. The number of carbonyl (C=O) groups excluding carboxylic acids is 1. The Balaban J connectivity index is 1.94. The van der Waals surface area contributed by atoms with E-state index < -0.39 is 0 Å². The second-order valence-corrected chi connectivity index (χ2v) is 5.30. The summed E-state index contributed by atoms with van der Waals surface area (Å²) in [7, 11) is 0. The number of pyridine rings is 1. The molecule has 3 heteroatoms. The summed E-state index contributed by atoms with van der Waals surface area (Å²) in [5.74, 6) is 0.361. The van der Waals surface area contributed by atoms with Crippen LogP contribution in [0.5, 0.6) is 0 Å². The van der Waals surface area contributed by atoms with Gasteiger partial charge in [0.05, 0.1) is 11.2 Å². The molecule has 2 aromatic heterocycles. The first kappa shape index (κ1) is 13.5. The van der Waals surface area contributed by atoms with Gasteiger partial charge in [0.2, 0.25) is 5.78 Å². The van der Waals surface area contributed by atoms with Crippen molar-refractivity contribution in [3.05, 3.63) is 96.4 Å². The lowest BCUT2D eigenvalue weighted by molar-refractivity contribution is 0.102. The fourth-order valence-electron chi connectivity index (χ4n) is 2.73. The molecule has 0 amide bonds. The molecule has 0 atom stereocenters. The van der Waals surface area contributed by atoms with Crippen molar-refractivity contribution in [2.45, 2.75) is 0 Å². The summed E-state index contributed by atoms with van der Waals surface area (Å²) in [6.07, 6.45) is 1.88. The molecule has 0 fully saturated rings. The van der Waals surface area contributed by atoms with Gasteiger partial charge >= 0.3 is 0 Å². The lowest BCUT2D eigenvalue weighted by atomic mass is 10.1. The summed E-state index contributed by atoms with van der Waals surface area (Å²) >= 11 is 0. The molecule has 2 heterocycles. The molecule has 4 aromatic rings. The van der Waals surface area contributed by atoms with Crippen LogP contribution in [0.3, 0.4) is 0 Å². The van der Waals surface area contributed by atoms with Crippen LogP contribution in [0.2, 0.25) is 0 Å². The first-order valence-corrected chi connectivity index (χ1v) is 7.47. The van der Waals surface area contributed by atoms with Gasteiger partial charge in [-0.05, 0) is 12.1 Å². The lowest BCUT2D eigenvalue weighted by Crippen LogP contribution is -2.06. The molecule has 0 saturated heterocycles. The summed E-state index contributed by atoms with van der Waals surface area (Å²) in [4.78, 5) is 17.5. The second kappa shape index (κ2) is 5.54. The van der Waals surface area contributed by atoms with Gasteiger partial charge in [0.15, 0.2) is 5.82 Å². The normalized spacial score (nSPS) is 10.8. The fourth-order valence-corrected chi connectivity index (χ4v) is 2.73. The van der Waals surface area contributed by atoms with E-state index in [0.717, 1.165) is 16.8 Å². The summed E-state index contributed by atoms with van der Waals surface area (Å²) in [6, 6.07) is 25.0. The third-order valence-electron chi connectivity index (χ3n) is 3.83. The van der Waals surface area contributed by atoms with E-state index in [1.807, 2.05) is 89.5 Å². The van der Waals surface area contributed by atoms with Crippen molar-refractivity contribution in [1.82, 2.24) is 9.38 Å². The van der Waals surface area contributed by atoms with Crippen molar-refractivity contribution in [1.29, 1.82) is 0 Å². The first-order chi connectivity index (χ1) is 11.3. The minimum Gasteiger partial charge on any atom is -0.296 e. The molecule has 4 rings (SSSR count). The van der Waals surface area contributed by atoms with Crippen LogP contribution in [0.15, 0.2) is 85.1 Å². The third kappa shape index (κ3) is 2.32. The van der Waals surface area contributed by atoms with Crippen molar-refractivity contribution < 1.29 is 4.79 Å². The number of carbonyl (C=O) groups is 1. The Kier molecular flexibility index (Phi) is 3.24. The molecule has 0 radical (unpaired) electrons.